The molecule has 0 atom stereocenters. The van der Waals surface area contributed by atoms with E-state index in [2.05, 4.69) is 90.0 Å². The molecule has 118 valence electrons. The van der Waals surface area contributed by atoms with Gasteiger partial charge in [0.25, 0.3) is 0 Å². The number of rotatable bonds is 3. The normalized spacial score (nSPS) is 10.7. The van der Waals surface area contributed by atoms with Gasteiger partial charge in [0.1, 0.15) is 0 Å². The Bertz CT molecular complexity index is 651. The van der Waals surface area contributed by atoms with E-state index in [1.807, 2.05) is 0 Å². The van der Waals surface area contributed by atoms with E-state index >= 15 is 0 Å². The van der Waals surface area contributed by atoms with Gasteiger partial charge in [0.15, 0.2) is 0 Å². The summed E-state index contributed by atoms with van der Waals surface area (Å²) in [6.45, 7) is 8.94. The molecule has 0 aliphatic carbocycles. The van der Waals surface area contributed by atoms with Crippen LogP contribution in [0.2, 0.25) is 0 Å². The summed E-state index contributed by atoms with van der Waals surface area (Å²) in [5.41, 5.74) is 10.8. The summed E-state index contributed by atoms with van der Waals surface area (Å²) in [4.78, 5) is 4.36. The summed E-state index contributed by atoms with van der Waals surface area (Å²) in [5, 5.41) is 0. The standard InChI is InChI=1S/C20H28N2/c1-13-15(3)20(22(7)8)16(4)14(2)19(13)17-9-11-18(12-10-17)21(5)6/h9-12H,1-8H3. The third-order valence-electron chi connectivity index (χ3n) is 4.71. The fourth-order valence-electron chi connectivity index (χ4n) is 3.32. The van der Waals surface area contributed by atoms with Crippen LogP contribution in [-0.2, 0) is 0 Å². The Balaban J connectivity index is 2.66. The third-order valence-corrected chi connectivity index (χ3v) is 4.71. The summed E-state index contributed by atoms with van der Waals surface area (Å²) >= 11 is 0. The van der Waals surface area contributed by atoms with Gasteiger partial charge in [-0.2, -0.15) is 0 Å². The number of hydrogen-bond donors (Lipinski definition) is 0. The van der Waals surface area contributed by atoms with Gasteiger partial charge in [-0.25, -0.2) is 0 Å². The van der Waals surface area contributed by atoms with Crippen molar-refractivity contribution in [3.05, 3.63) is 46.5 Å². The zero-order chi connectivity index (χ0) is 16.6. The first-order chi connectivity index (χ1) is 10.3. The van der Waals surface area contributed by atoms with Crippen LogP contribution in [0.15, 0.2) is 24.3 Å². The van der Waals surface area contributed by atoms with Crippen molar-refractivity contribution in [2.45, 2.75) is 27.7 Å². The lowest BCUT2D eigenvalue weighted by Crippen LogP contribution is -2.14. The minimum Gasteiger partial charge on any atom is -0.378 e. The minimum absolute atomic E-state index is 1.23. The van der Waals surface area contributed by atoms with Crippen LogP contribution in [0.5, 0.6) is 0 Å². The molecule has 0 spiro atoms. The Kier molecular flexibility index (Phi) is 4.50. The predicted octanol–water partition coefficient (Wildman–Crippen LogP) is 4.72. The molecule has 0 amide bonds. The highest BCUT2D eigenvalue weighted by Crippen LogP contribution is 2.38. The van der Waals surface area contributed by atoms with E-state index in [1.165, 1.54) is 44.8 Å². The van der Waals surface area contributed by atoms with Crippen molar-refractivity contribution in [3.8, 4) is 11.1 Å². The summed E-state index contributed by atoms with van der Waals surface area (Å²) in [6.07, 6.45) is 0. The maximum absolute atomic E-state index is 2.24. The van der Waals surface area contributed by atoms with E-state index in [9.17, 15) is 0 Å². The van der Waals surface area contributed by atoms with Gasteiger partial charge < -0.3 is 9.80 Å². The van der Waals surface area contributed by atoms with Crippen molar-refractivity contribution in [3.63, 3.8) is 0 Å². The fourth-order valence-corrected chi connectivity index (χ4v) is 3.32. The molecule has 0 heterocycles. The van der Waals surface area contributed by atoms with Gasteiger partial charge in [0.05, 0.1) is 0 Å². The highest BCUT2D eigenvalue weighted by Gasteiger charge is 2.17. The van der Waals surface area contributed by atoms with Crippen LogP contribution in [0.3, 0.4) is 0 Å². The third kappa shape index (κ3) is 2.70. The van der Waals surface area contributed by atoms with Gasteiger partial charge in [-0.05, 0) is 73.2 Å². The molecular formula is C20H28N2. The first kappa shape index (κ1) is 16.4. The lowest BCUT2D eigenvalue weighted by Gasteiger charge is -2.25. The van der Waals surface area contributed by atoms with Gasteiger partial charge in [0.2, 0.25) is 0 Å². The average molecular weight is 296 g/mol. The molecule has 0 aliphatic heterocycles. The largest absolute Gasteiger partial charge is 0.378 e. The molecule has 2 aromatic rings. The molecule has 0 aromatic heterocycles. The molecule has 0 saturated heterocycles. The van der Waals surface area contributed by atoms with Crippen molar-refractivity contribution in [2.75, 3.05) is 38.0 Å². The van der Waals surface area contributed by atoms with Crippen molar-refractivity contribution in [2.24, 2.45) is 0 Å². The molecule has 0 radical (unpaired) electrons. The van der Waals surface area contributed by atoms with E-state index in [0.29, 0.717) is 0 Å². The zero-order valence-electron chi connectivity index (χ0n) is 15.2. The summed E-state index contributed by atoms with van der Waals surface area (Å²) in [6, 6.07) is 8.86. The quantitative estimate of drug-likeness (QED) is 0.808. The highest BCUT2D eigenvalue weighted by atomic mass is 15.1. The van der Waals surface area contributed by atoms with Crippen LogP contribution >= 0.6 is 0 Å². The predicted molar refractivity (Wildman–Crippen MR) is 99.5 cm³/mol. The zero-order valence-corrected chi connectivity index (χ0v) is 15.2. The molecule has 0 fully saturated rings. The molecule has 2 nitrogen and oxygen atoms in total. The SMILES string of the molecule is Cc1c(C)c(N(C)C)c(C)c(C)c1-c1ccc(N(C)C)cc1. The number of hydrogen-bond acceptors (Lipinski definition) is 2. The molecule has 0 bridgehead atoms. The second kappa shape index (κ2) is 6.04. The summed E-state index contributed by atoms with van der Waals surface area (Å²) in [7, 11) is 8.40. The summed E-state index contributed by atoms with van der Waals surface area (Å²) in [5.74, 6) is 0. The number of anilines is 2. The fraction of sp³-hybridized carbons (Fsp3) is 0.400. The maximum atomic E-state index is 2.24. The Hall–Kier alpha value is -1.96. The van der Waals surface area contributed by atoms with Crippen molar-refractivity contribution >= 4 is 11.4 Å². The van der Waals surface area contributed by atoms with E-state index in [4.69, 9.17) is 0 Å². The van der Waals surface area contributed by atoms with Crippen LogP contribution in [0.4, 0.5) is 11.4 Å². The second-order valence-electron chi connectivity index (χ2n) is 6.56. The van der Waals surface area contributed by atoms with E-state index in [-0.39, 0.29) is 0 Å². The van der Waals surface area contributed by atoms with E-state index in [1.54, 1.807) is 0 Å². The molecular weight excluding hydrogens is 268 g/mol. The monoisotopic (exact) mass is 296 g/mol. The first-order valence-electron chi connectivity index (χ1n) is 7.81. The molecule has 0 saturated carbocycles. The highest BCUT2D eigenvalue weighted by molar-refractivity contribution is 5.80. The number of benzene rings is 2. The van der Waals surface area contributed by atoms with Gasteiger partial charge in [-0.1, -0.05) is 12.1 Å². The van der Waals surface area contributed by atoms with Gasteiger partial charge in [-0.15, -0.1) is 0 Å². The Morgan fingerprint density at radius 1 is 0.591 bits per heavy atom. The molecule has 22 heavy (non-hydrogen) atoms. The second-order valence-corrected chi connectivity index (χ2v) is 6.56. The Morgan fingerprint density at radius 3 is 1.41 bits per heavy atom. The van der Waals surface area contributed by atoms with Gasteiger partial charge >= 0.3 is 0 Å². The van der Waals surface area contributed by atoms with Crippen LogP contribution in [0, 0.1) is 27.7 Å². The topological polar surface area (TPSA) is 6.48 Å². The molecule has 0 unspecified atom stereocenters. The van der Waals surface area contributed by atoms with Crippen molar-refractivity contribution < 1.29 is 0 Å². The smallest absolute Gasteiger partial charge is 0.0426 e. The van der Waals surface area contributed by atoms with Crippen LogP contribution in [0.25, 0.3) is 11.1 Å². The average Bonchev–Trinajstić information content (AvgIpc) is 2.46. The van der Waals surface area contributed by atoms with Gasteiger partial charge in [-0.3, -0.25) is 0 Å². The van der Waals surface area contributed by atoms with Crippen molar-refractivity contribution in [1.82, 2.24) is 0 Å². The van der Waals surface area contributed by atoms with E-state index in [0.717, 1.165) is 0 Å². The molecule has 2 heteroatoms. The lowest BCUT2D eigenvalue weighted by molar-refractivity contribution is 1.08. The Morgan fingerprint density at radius 2 is 1.05 bits per heavy atom. The van der Waals surface area contributed by atoms with Crippen LogP contribution < -0.4 is 9.80 Å². The minimum atomic E-state index is 1.23. The molecule has 0 aliphatic rings. The molecule has 2 aromatic carbocycles. The maximum Gasteiger partial charge on any atom is 0.0426 e. The van der Waals surface area contributed by atoms with Crippen LogP contribution in [0.1, 0.15) is 22.3 Å². The van der Waals surface area contributed by atoms with Crippen LogP contribution in [-0.4, -0.2) is 28.2 Å². The van der Waals surface area contributed by atoms with Crippen molar-refractivity contribution in [1.29, 1.82) is 0 Å². The van der Waals surface area contributed by atoms with E-state index < -0.39 is 0 Å². The molecule has 0 N–H and O–H groups in total. The number of nitrogens with zero attached hydrogens (tertiary/aromatic N) is 2. The Labute approximate surface area is 135 Å². The molecule has 2 rings (SSSR count). The lowest BCUT2D eigenvalue weighted by atomic mass is 9.87. The summed E-state index contributed by atoms with van der Waals surface area (Å²) < 4.78 is 0. The van der Waals surface area contributed by atoms with Gasteiger partial charge in [0, 0.05) is 39.6 Å². The first-order valence-corrected chi connectivity index (χ1v) is 7.81.